The molecular weight excluding hydrogens is 292 g/mol. The van der Waals surface area contributed by atoms with E-state index in [0.717, 1.165) is 5.82 Å². The van der Waals surface area contributed by atoms with Gasteiger partial charge in [-0.25, -0.2) is 0 Å². The number of halogens is 1. The van der Waals surface area contributed by atoms with Gasteiger partial charge in [0.15, 0.2) is 11.5 Å². The minimum absolute atomic E-state index is 0.496. The summed E-state index contributed by atoms with van der Waals surface area (Å²) in [5.41, 5.74) is 0.611. The Balaban J connectivity index is 1.61. The highest BCUT2D eigenvalue weighted by Crippen LogP contribution is 2.23. The van der Waals surface area contributed by atoms with Crippen LogP contribution in [0.1, 0.15) is 0 Å². The monoisotopic (exact) mass is 304 g/mol. The fraction of sp³-hybridized carbons (Fsp3) is 0.231. The average molecular weight is 305 g/mol. The van der Waals surface area contributed by atoms with E-state index in [-0.39, 0.29) is 0 Å². The lowest BCUT2D eigenvalue weighted by atomic mass is 10.3. The first-order valence-corrected chi connectivity index (χ1v) is 6.76. The number of fused-ring (bicyclic) bond motifs is 1. The summed E-state index contributed by atoms with van der Waals surface area (Å²) < 4.78 is 7.04. The van der Waals surface area contributed by atoms with E-state index in [1.165, 1.54) is 4.63 Å². The number of nitrogens with zero attached hydrogens (tertiary/aromatic N) is 6. The normalized spacial score (nSPS) is 10.8. The van der Waals surface area contributed by atoms with Gasteiger partial charge in [0.05, 0.1) is 11.6 Å². The Hall–Kier alpha value is -2.41. The number of anilines is 1. The van der Waals surface area contributed by atoms with Crippen LogP contribution in [0.25, 0.3) is 5.65 Å². The minimum atomic E-state index is 0.496. The lowest BCUT2D eigenvalue weighted by Gasteiger charge is -2.18. The molecule has 0 N–H and O–H groups in total. The van der Waals surface area contributed by atoms with Crippen molar-refractivity contribution in [1.82, 2.24) is 25.3 Å². The molecule has 0 saturated heterocycles. The molecule has 3 rings (SSSR count). The molecule has 0 spiro atoms. The average Bonchev–Trinajstić information content (AvgIpc) is 2.96. The van der Waals surface area contributed by atoms with E-state index in [0.29, 0.717) is 29.6 Å². The molecule has 0 aliphatic rings. The number of ether oxygens (including phenoxy) is 1. The van der Waals surface area contributed by atoms with Gasteiger partial charge in [0.1, 0.15) is 12.4 Å². The van der Waals surface area contributed by atoms with Gasteiger partial charge in [-0.3, -0.25) is 0 Å². The molecule has 0 fully saturated rings. The number of rotatable bonds is 5. The van der Waals surface area contributed by atoms with Gasteiger partial charge in [-0.05, 0) is 34.7 Å². The molecule has 2 heterocycles. The topological polar surface area (TPSA) is 68.4 Å². The molecule has 0 unspecified atom stereocenters. The summed E-state index contributed by atoms with van der Waals surface area (Å²) in [7, 11) is 1.93. The number of para-hydroxylation sites is 1. The van der Waals surface area contributed by atoms with Gasteiger partial charge in [-0.15, -0.1) is 14.8 Å². The van der Waals surface area contributed by atoms with E-state index in [1.54, 1.807) is 6.07 Å². The zero-order valence-electron chi connectivity index (χ0n) is 11.3. The van der Waals surface area contributed by atoms with Crippen molar-refractivity contribution < 1.29 is 4.74 Å². The molecule has 0 amide bonds. The first-order chi connectivity index (χ1) is 10.2. The molecule has 7 nitrogen and oxygen atoms in total. The van der Waals surface area contributed by atoms with E-state index >= 15 is 0 Å². The summed E-state index contributed by atoms with van der Waals surface area (Å²) in [6.07, 6.45) is 0. The number of tetrazole rings is 1. The molecule has 0 bridgehead atoms. The highest BCUT2D eigenvalue weighted by molar-refractivity contribution is 6.32. The number of hydrogen-bond donors (Lipinski definition) is 0. The molecule has 2 aromatic heterocycles. The van der Waals surface area contributed by atoms with Crippen molar-refractivity contribution in [3.05, 3.63) is 41.4 Å². The van der Waals surface area contributed by atoms with Gasteiger partial charge in [0, 0.05) is 7.05 Å². The molecule has 0 aliphatic carbocycles. The van der Waals surface area contributed by atoms with Gasteiger partial charge in [0.25, 0.3) is 0 Å². The first-order valence-electron chi connectivity index (χ1n) is 6.38. The SMILES string of the molecule is CN(CCOc1ccccc1Cl)c1ccc2nnnn2n1. The second kappa shape index (κ2) is 5.92. The van der Waals surface area contributed by atoms with Crippen molar-refractivity contribution in [3.8, 4) is 5.75 Å². The fourth-order valence-corrected chi connectivity index (χ4v) is 2.00. The van der Waals surface area contributed by atoms with Crippen molar-refractivity contribution >= 4 is 23.1 Å². The van der Waals surface area contributed by atoms with Crippen molar-refractivity contribution in [1.29, 1.82) is 0 Å². The Morgan fingerprint density at radius 3 is 2.95 bits per heavy atom. The maximum absolute atomic E-state index is 6.03. The third kappa shape index (κ3) is 3.03. The number of hydrogen-bond acceptors (Lipinski definition) is 6. The predicted molar refractivity (Wildman–Crippen MR) is 78.8 cm³/mol. The number of benzene rings is 1. The highest BCUT2D eigenvalue weighted by Gasteiger charge is 2.06. The van der Waals surface area contributed by atoms with Crippen LogP contribution in [-0.2, 0) is 0 Å². The molecule has 0 atom stereocenters. The van der Waals surface area contributed by atoms with Crippen LogP contribution in [0.5, 0.6) is 5.75 Å². The van der Waals surface area contributed by atoms with Crippen LogP contribution in [0.4, 0.5) is 5.82 Å². The Kier molecular flexibility index (Phi) is 3.83. The van der Waals surface area contributed by atoms with Crippen molar-refractivity contribution in [2.45, 2.75) is 0 Å². The summed E-state index contributed by atoms with van der Waals surface area (Å²) in [5, 5.41) is 16.0. The van der Waals surface area contributed by atoms with Gasteiger partial charge >= 0.3 is 0 Å². The first kappa shape index (κ1) is 13.6. The van der Waals surface area contributed by atoms with Crippen LogP contribution in [0.15, 0.2) is 36.4 Å². The smallest absolute Gasteiger partial charge is 0.200 e. The van der Waals surface area contributed by atoms with E-state index < -0.39 is 0 Å². The molecule has 1 aromatic carbocycles. The quantitative estimate of drug-likeness (QED) is 0.714. The van der Waals surface area contributed by atoms with Crippen LogP contribution < -0.4 is 9.64 Å². The molecule has 21 heavy (non-hydrogen) atoms. The summed E-state index contributed by atoms with van der Waals surface area (Å²) in [6.45, 7) is 1.15. The third-order valence-electron chi connectivity index (χ3n) is 2.97. The van der Waals surface area contributed by atoms with Crippen LogP contribution in [0.2, 0.25) is 5.02 Å². The lowest BCUT2D eigenvalue weighted by Crippen LogP contribution is -2.25. The van der Waals surface area contributed by atoms with Crippen molar-refractivity contribution in [2.75, 3.05) is 25.1 Å². The maximum atomic E-state index is 6.03. The second-order valence-corrected chi connectivity index (χ2v) is 4.83. The Morgan fingerprint density at radius 1 is 1.24 bits per heavy atom. The molecule has 3 aromatic rings. The number of likely N-dealkylation sites (N-methyl/N-ethyl adjacent to an activating group) is 1. The molecule has 0 saturated carbocycles. The van der Waals surface area contributed by atoms with Gasteiger partial charge in [-0.2, -0.15) is 0 Å². The molecule has 0 radical (unpaired) electrons. The highest BCUT2D eigenvalue weighted by atomic mass is 35.5. The lowest BCUT2D eigenvalue weighted by molar-refractivity contribution is 0.325. The Morgan fingerprint density at radius 2 is 2.10 bits per heavy atom. The van der Waals surface area contributed by atoms with Crippen LogP contribution >= 0.6 is 11.6 Å². The van der Waals surface area contributed by atoms with Crippen LogP contribution in [-0.4, -0.2) is 45.5 Å². The summed E-state index contributed by atoms with van der Waals surface area (Å²) in [4.78, 5) is 1.96. The minimum Gasteiger partial charge on any atom is -0.490 e. The van der Waals surface area contributed by atoms with Crippen molar-refractivity contribution in [3.63, 3.8) is 0 Å². The van der Waals surface area contributed by atoms with Crippen LogP contribution in [0, 0.1) is 0 Å². The Labute approximate surface area is 126 Å². The number of aromatic nitrogens is 5. The standard InChI is InChI=1S/C13H13ClN6O/c1-19(8-9-21-11-5-3-2-4-10(11)14)13-7-6-12-15-17-18-20(12)16-13/h2-7H,8-9H2,1H3. The zero-order chi connectivity index (χ0) is 14.7. The van der Waals surface area contributed by atoms with E-state index in [4.69, 9.17) is 16.3 Å². The zero-order valence-corrected chi connectivity index (χ0v) is 12.1. The molecule has 0 aliphatic heterocycles. The van der Waals surface area contributed by atoms with Gasteiger partial charge in [0.2, 0.25) is 0 Å². The fourth-order valence-electron chi connectivity index (χ4n) is 1.81. The van der Waals surface area contributed by atoms with Crippen LogP contribution in [0.3, 0.4) is 0 Å². The van der Waals surface area contributed by atoms with E-state index in [2.05, 4.69) is 20.6 Å². The molecule has 108 valence electrons. The van der Waals surface area contributed by atoms with Gasteiger partial charge < -0.3 is 9.64 Å². The van der Waals surface area contributed by atoms with Crippen molar-refractivity contribution in [2.24, 2.45) is 0 Å². The molecular formula is C13H13ClN6O. The summed E-state index contributed by atoms with van der Waals surface area (Å²) in [5.74, 6) is 1.44. The largest absolute Gasteiger partial charge is 0.490 e. The summed E-state index contributed by atoms with van der Waals surface area (Å²) in [6, 6.07) is 11.1. The summed E-state index contributed by atoms with van der Waals surface area (Å²) >= 11 is 6.03. The maximum Gasteiger partial charge on any atom is 0.200 e. The van der Waals surface area contributed by atoms with Gasteiger partial charge in [-0.1, -0.05) is 23.7 Å². The molecule has 8 heteroatoms. The third-order valence-corrected chi connectivity index (χ3v) is 3.28. The predicted octanol–water partition coefficient (Wildman–Crippen LogP) is 1.69. The van der Waals surface area contributed by atoms with E-state index in [9.17, 15) is 0 Å². The second-order valence-electron chi connectivity index (χ2n) is 4.42. The Bertz CT molecular complexity index is 746. The van der Waals surface area contributed by atoms with E-state index in [1.807, 2.05) is 42.3 Å².